The molecule has 0 saturated heterocycles. The van der Waals surface area contributed by atoms with Gasteiger partial charge in [0, 0.05) is 16.0 Å². The van der Waals surface area contributed by atoms with Gasteiger partial charge in [-0.2, -0.15) is 0 Å². The van der Waals surface area contributed by atoms with Crippen molar-refractivity contribution < 1.29 is 0 Å². The number of halogens is 1. The lowest BCUT2D eigenvalue weighted by Gasteiger charge is -2.15. The highest BCUT2D eigenvalue weighted by Gasteiger charge is 2.22. The standard InChI is InChI=1S/C15H21ClS/c1-11(2)14(16)8-5-6-12-10-17-15-9-4-3-7-13(12)15/h3-4,7,9,11-12,14H,5-6,8,10H2,1-2H3. The maximum Gasteiger partial charge on any atom is 0.0359 e. The molecule has 2 unspecified atom stereocenters. The van der Waals surface area contributed by atoms with Gasteiger partial charge in [-0.05, 0) is 36.3 Å². The summed E-state index contributed by atoms with van der Waals surface area (Å²) in [5.74, 6) is 2.61. The molecule has 0 fully saturated rings. The number of thioether (sulfide) groups is 1. The van der Waals surface area contributed by atoms with Crippen molar-refractivity contribution in [2.75, 3.05) is 5.75 Å². The molecule has 0 spiro atoms. The average molecular weight is 269 g/mol. The normalized spacial score (nSPS) is 20.6. The molecule has 0 nitrogen and oxygen atoms in total. The van der Waals surface area contributed by atoms with E-state index in [1.165, 1.54) is 23.5 Å². The molecule has 0 aliphatic carbocycles. The topological polar surface area (TPSA) is 0 Å². The van der Waals surface area contributed by atoms with Crippen molar-refractivity contribution >= 4 is 23.4 Å². The van der Waals surface area contributed by atoms with Gasteiger partial charge in [-0.3, -0.25) is 0 Å². The van der Waals surface area contributed by atoms with E-state index < -0.39 is 0 Å². The highest BCUT2D eigenvalue weighted by atomic mass is 35.5. The van der Waals surface area contributed by atoms with E-state index in [2.05, 4.69) is 38.1 Å². The minimum Gasteiger partial charge on any atom is -0.125 e. The molecular formula is C15H21ClS. The second-order valence-corrected chi connectivity index (χ2v) is 6.86. The largest absolute Gasteiger partial charge is 0.125 e. The molecule has 2 rings (SSSR count). The molecule has 94 valence electrons. The number of fused-ring (bicyclic) bond motifs is 1. The van der Waals surface area contributed by atoms with Crippen LogP contribution in [0.3, 0.4) is 0 Å². The van der Waals surface area contributed by atoms with E-state index in [9.17, 15) is 0 Å². The number of alkyl halides is 1. The van der Waals surface area contributed by atoms with Crippen molar-refractivity contribution in [3.63, 3.8) is 0 Å². The molecule has 0 radical (unpaired) electrons. The van der Waals surface area contributed by atoms with E-state index in [0.717, 1.165) is 12.3 Å². The molecule has 0 amide bonds. The van der Waals surface area contributed by atoms with E-state index in [4.69, 9.17) is 11.6 Å². The Bertz CT molecular complexity index is 362. The third kappa shape index (κ3) is 3.42. The molecule has 0 saturated carbocycles. The summed E-state index contributed by atoms with van der Waals surface area (Å²) in [5.41, 5.74) is 1.56. The van der Waals surface area contributed by atoms with E-state index in [0.29, 0.717) is 11.3 Å². The van der Waals surface area contributed by atoms with Crippen LogP contribution in [-0.4, -0.2) is 11.1 Å². The molecular weight excluding hydrogens is 248 g/mol. The van der Waals surface area contributed by atoms with Crippen molar-refractivity contribution in [1.29, 1.82) is 0 Å². The summed E-state index contributed by atoms with van der Waals surface area (Å²) in [6.45, 7) is 4.41. The molecule has 0 aromatic heterocycles. The first-order valence-corrected chi connectivity index (χ1v) is 7.96. The van der Waals surface area contributed by atoms with Crippen LogP contribution in [0.25, 0.3) is 0 Å². The van der Waals surface area contributed by atoms with Crippen LogP contribution in [0.2, 0.25) is 0 Å². The smallest absolute Gasteiger partial charge is 0.0359 e. The maximum atomic E-state index is 6.30. The first-order chi connectivity index (χ1) is 8.18. The lowest BCUT2D eigenvalue weighted by molar-refractivity contribution is 0.519. The van der Waals surface area contributed by atoms with Gasteiger partial charge in [0.2, 0.25) is 0 Å². The van der Waals surface area contributed by atoms with Crippen LogP contribution < -0.4 is 0 Å². The first kappa shape index (κ1) is 13.3. The van der Waals surface area contributed by atoms with Gasteiger partial charge in [0.1, 0.15) is 0 Å². The molecule has 1 aliphatic heterocycles. The number of benzene rings is 1. The Morgan fingerprint density at radius 2 is 2.12 bits per heavy atom. The quantitative estimate of drug-likeness (QED) is 0.652. The highest BCUT2D eigenvalue weighted by Crippen LogP contribution is 2.41. The van der Waals surface area contributed by atoms with Gasteiger partial charge < -0.3 is 0 Å². The fraction of sp³-hybridized carbons (Fsp3) is 0.600. The second-order valence-electron chi connectivity index (χ2n) is 5.24. The summed E-state index contributed by atoms with van der Waals surface area (Å²) >= 11 is 8.30. The monoisotopic (exact) mass is 268 g/mol. The summed E-state index contributed by atoms with van der Waals surface area (Å²) in [5, 5.41) is 0.347. The molecule has 1 heterocycles. The van der Waals surface area contributed by atoms with Gasteiger partial charge >= 0.3 is 0 Å². The molecule has 1 aromatic carbocycles. The summed E-state index contributed by atoms with van der Waals surface area (Å²) in [7, 11) is 0. The zero-order valence-electron chi connectivity index (χ0n) is 10.7. The van der Waals surface area contributed by atoms with Crippen LogP contribution >= 0.6 is 23.4 Å². The third-order valence-electron chi connectivity index (χ3n) is 3.55. The van der Waals surface area contributed by atoms with Crippen LogP contribution in [0.1, 0.15) is 44.6 Å². The maximum absolute atomic E-state index is 6.30. The Labute approximate surface area is 114 Å². The highest BCUT2D eigenvalue weighted by molar-refractivity contribution is 7.99. The average Bonchev–Trinajstić information content (AvgIpc) is 2.72. The molecule has 2 atom stereocenters. The van der Waals surface area contributed by atoms with Crippen molar-refractivity contribution in [2.24, 2.45) is 5.92 Å². The van der Waals surface area contributed by atoms with E-state index >= 15 is 0 Å². The third-order valence-corrected chi connectivity index (χ3v) is 5.53. The summed E-state index contributed by atoms with van der Waals surface area (Å²) in [6, 6.07) is 8.84. The predicted molar refractivity (Wildman–Crippen MR) is 78.2 cm³/mol. The minimum absolute atomic E-state index is 0.347. The molecule has 0 bridgehead atoms. The van der Waals surface area contributed by atoms with Gasteiger partial charge in [0.15, 0.2) is 0 Å². The van der Waals surface area contributed by atoms with Crippen molar-refractivity contribution in [2.45, 2.75) is 49.3 Å². The number of hydrogen-bond donors (Lipinski definition) is 0. The number of rotatable bonds is 5. The fourth-order valence-corrected chi connectivity index (χ4v) is 3.82. The van der Waals surface area contributed by atoms with Gasteiger partial charge in [0.25, 0.3) is 0 Å². The van der Waals surface area contributed by atoms with E-state index in [1.54, 1.807) is 5.56 Å². The summed E-state index contributed by atoms with van der Waals surface area (Å²) in [4.78, 5) is 1.49. The zero-order chi connectivity index (χ0) is 12.3. The molecule has 1 aliphatic rings. The SMILES string of the molecule is CC(C)C(Cl)CCCC1CSc2ccccc21. The van der Waals surface area contributed by atoms with Gasteiger partial charge in [-0.25, -0.2) is 0 Å². The van der Waals surface area contributed by atoms with Gasteiger partial charge in [-0.15, -0.1) is 23.4 Å². The Morgan fingerprint density at radius 1 is 1.35 bits per heavy atom. The van der Waals surface area contributed by atoms with Crippen molar-refractivity contribution in [1.82, 2.24) is 0 Å². The van der Waals surface area contributed by atoms with Crippen LogP contribution in [0, 0.1) is 5.92 Å². The van der Waals surface area contributed by atoms with E-state index in [1.807, 2.05) is 11.8 Å². The van der Waals surface area contributed by atoms with Crippen LogP contribution in [-0.2, 0) is 0 Å². The number of hydrogen-bond acceptors (Lipinski definition) is 1. The Kier molecular flexibility index (Phi) is 4.81. The van der Waals surface area contributed by atoms with E-state index in [-0.39, 0.29) is 0 Å². The lowest BCUT2D eigenvalue weighted by atomic mass is 9.94. The predicted octanol–water partition coefficient (Wildman–Crippen LogP) is 5.31. The Balaban J connectivity index is 1.82. The van der Waals surface area contributed by atoms with Crippen LogP contribution in [0.4, 0.5) is 0 Å². The molecule has 2 heteroatoms. The van der Waals surface area contributed by atoms with Crippen molar-refractivity contribution in [3.05, 3.63) is 29.8 Å². The molecule has 0 N–H and O–H groups in total. The minimum atomic E-state index is 0.347. The van der Waals surface area contributed by atoms with Gasteiger partial charge in [0.05, 0.1) is 0 Å². The Hall–Kier alpha value is -0.140. The molecule has 17 heavy (non-hydrogen) atoms. The van der Waals surface area contributed by atoms with Crippen LogP contribution in [0.5, 0.6) is 0 Å². The first-order valence-electron chi connectivity index (χ1n) is 6.54. The summed E-state index contributed by atoms with van der Waals surface area (Å²) < 4.78 is 0. The zero-order valence-corrected chi connectivity index (χ0v) is 12.2. The second kappa shape index (κ2) is 6.15. The fourth-order valence-electron chi connectivity index (χ4n) is 2.36. The van der Waals surface area contributed by atoms with Gasteiger partial charge in [-0.1, -0.05) is 38.5 Å². The summed E-state index contributed by atoms with van der Waals surface area (Å²) in [6.07, 6.45) is 3.70. The lowest BCUT2D eigenvalue weighted by Crippen LogP contribution is -2.08. The Morgan fingerprint density at radius 3 is 2.88 bits per heavy atom. The molecule has 1 aromatic rings. The van der Waals surface area contributed by atoms with Crippen molar-refractivity contribution in [3.8, 4) is 0 Å². The van der Waals surface area contributed by atoms with Crippen LogP contribution in [0.15, 0.2) is 29.2 Å².